The lowest BCUT2D eigenvalue weighted by molar-refractivity contribution is 0.0953. The van der Waals surface area contributed by atoms with E-state index in [4.69, 9.17) is 4.42 Å². The van der Waals surface area contributed by atoms with Crippen molar-refractivity contribution in [1.29, 1.82) is 0 Å². The molecule has 2 aromatic rings. The van der Waals surface area contributed by atoms with Crippen LogP contribution in [0.5, 0.6) is 0 Å². The molecule has 1 aromatic carbocycles. The Labute approximate surface area is 112 Å². The van der Waals surface area contributed by atoms with E-state index in [2.05, 4.69) is 10.5 Å². The lowest BCUT2D eigenvalue weighted by atomic mass is 10.0. The third-order valence-corrected chi connectivity index (χ3v) is 2.89. The molecule has 1 amide bonds. The van der Waals surface area contributed by atoms with Gasteiger partial charge in [-0.3, -0.25) is 4.79 Å². The topological polar surface area (TPSA) is 54.6 Å². The molecule has 0 saturated heterocycles. The van der Waals surface area contributed by atoms with Crippen LogP contribution in [0.2, 0.25) is 0 Å². The van der Waals surface area contributed by atoms with Gasteiger partial charge in [0.25, 0.3) is 5.91 Å². The van der Waals surface area contributed by atoms with E-state index in [-0.39, 0.29) is 11.8 Å². The first-order chi connectivity index (χ1) is 9.18. The van der Waals surface area contributed by atoms with E-state index in [0.29, 0.717) is 11.3 Å². The number of carbonyl (C=O) groups excluding carboxylic acids is 1. The van der Waals surface area contributed by atoms with Crippen molar-refractivity contribution in [3.63, 3.8) is 0 Å². The SMILES string of the molecule is Cc1occc1C(=O)N/N=C\[C@@H](C)c1ccccc1. The van der Waals surface area contributed by atoms with Crippen molar-refractivity contribution in [2.75, 3.05) is 0 Å². The summed E-state index contributed by atoms with van der Waals surface area (Å²) in [6.07, 6.45) is 3.20. The van der Waals surface area contributed by atoms with Crippen LogP contribution in [0.3, 0.4) is 0 Å². The molecule has 0 radical (unpaired) electrons. The van der Waals surface area contributed by atoms with Crippen molar-refractivity contribution in [2.45, 2.75) is 19.8 Å². The summed E-state index contributed by atoms with van der Waals surface area (Å²) in [5, 5.41) is 3.98. The fourth-order valence-electron chi connectivity index (χ4n) is 1.73. The predicted octanol–water partition coefficient (Wildman–Crippen LogP) is 3.11. The molecule has 0 bridgehead atoms. The first-order valence-electron chi connectivity index (χ1n) is 6.11. The maximum absolute atomic E-state index is 11.8. The van der Waals surface area contributed by atoms with Crippen LogP contribution in [0.4, 0.5) is 0 Å². The van der Waals surface area contributed by atoms with Gasteiger partial charge in [0, 0.05) is 12.1 Å². The molecule has 1 heterocycles. The van der Waals surface area contributed by atoms with E-state index < -0.39 is 0 Å². The summed E-state index contributed by atoms with van der Waals surface area (Å²) in [6.45, 7) is 3.76. The number of amides is 1. The van der Waals surface area contributed by atoms with Gasteiger partial charge in [0.05, 0.1) is 11.8 Å². The molecule has 4 nitrogen and oxygen atoms in total. The van der Waals surface area contributed by atoms with Crippen LogP contribution in [-0.4, -0.2) is 12.1 Å². The number of rotatable bonds is 4. The highest BCUT2D eigenvalue weighted by molar-refractivity contribution is 5.95. The van der Waals surface area contributed by atoms with Gasteiger partial charge in [0.15, 0.2) is 0 Å². The van der Waals surface area contributed by atoms with Crippen molar-refractivity contribution >= 4 is 12.1 Å². The molecule has 0 saturated carbocycles. The number of aryl methyl sites for hydroxylation is 1. The lowest BCUT2D eigenvalue weighted by Crippen LogP contribution is -2.18. The van der Waals surface area contributed by atoms with E-state index >= 15 is 0 Å². The molecule has 98 valence electrons. The lowest BCUT2D eigenvalue weighted by Gasteiger charge is -2.05. The van der Waals surface area contributed by atoms with Crippen LogP contribution < -0.4 is 5.43 Å². The minimum Gasteiger partial charge on any atom is -0.469 e. The summed E-state index contributed by atoms with van der Waals surface area (Å²) in [6, 6.07) is 11.6. The molecule has 4 heteroatoms. The van der Waals surface area contributed by atoms with Crippen molar-refractivity contribution in [3.8, 4) is 0 Å². The third kappa shape index (κ3) is 3.31. The minimum atomic E-state index is -0.261. The van der Waals surface area contributed by atoms with Gasteiger partial charge in [-0.1, -0.05) is 37.3 Å². The zero-order chi connectivity index (χ0) is 13.7. The molecule has 1 aromatic heterocycles. The smallest absolute Gasteiger partial charge is 0.274 e. The number of hydrogen-bond donors (Lipinski definition) is 1. The molecule has 2 rings (SSSR count). The molecule has 1 N–H and O–H groups in total. The maximum Gasteiger partial charge on any atom is 0.274 e. The monoisotopic (exact) mass is 256 g/mol. The third-order valence-electron chi connectivity index (χ3n) is 2.89. The first-order valence-corrected chi connectivity index (χ1v) is 6.11. The van der Waals surface area contributed by atoms with E-state index in [9.17, 15) is 4.79 Å². The average molecular weight is 256 g/mol. The van der Waals surface area contributed by atoms with Gasteiger partial charge in [-0.15, -0.1) is 0 Å². The Morgan fingerprint density at radius 3 is 2.68 bits per heavy atom. The fourth-order valence-corrected chi connectivity index (χ4v) is 1.73. The van der Waals surface area contributed by atoms with Crippen molar-refractivity contribution < 1.29 is 9.21 Å². The van der Waals surface area contributed by atoms with Gasteiger partial charge in [-0.05, 0) is 18.6 Å². The molecule has 0 fully saturated rings. The second-order valence-corrected chi connectivity index (χ2v) is 4.31. The Bertz CT molecular complexity index is 573. The number of furan rings is 1. The number of nitrogens with one attached hydrogen (secondary N) is 1. The van der Waals surface area contributed by atoms with Gasteiger partial charge in [-0.2, -0.15) is 5.10 Å². The first kappa shape index (κ1) is 13.1. The Morgan fingerprint density at radius 1 is 1.32 bits per heavy atom. The average Bonchev–Trinajstić information content (AvgIpc) is 2.86. The molecule has 0 aliphatic heterocycles. The van der Waals surface area contributed by atoms with Crippen LogP contribution in [0.25, 0.3) is 0 Å². The Balaban J connectivity index is 1.94. The van der Waals surface area contributed by atoms with Gasteiger partial charge in [-0.25, -0.2) is 5.43 Å². The summed E-state index contributed by atoms with van der Waals surface area (Å²) in [4.78, 5) is 11.8. The fraction of sp³-hybridized carbons (Fsp3) is 0.200. The molecular weight excluding hydrogens is 240 g/mol. The van der Waals surface area contributed by atoms with Crippen molar-refractivity contribution in [2.24, 2.45) is 5.10 Å². The molecule has 19 heavy (non-hydrogen) atoms. The molecule has 0 spiro atoms. The highest BCUT2D eigenvalue weighted by Gasteiger charge is 2.10. The summed E-state index contributed by atoms with van der Waals surface area (Å²) in [5.74, 6) is 0.471. The quantitative estimate of drug-likeness (QED) is 0.675. The summed E-state index contributed by atoms with van der Waals surface area (Å²) in [7, 11) is 0. The molecular formula is C15H16N2O2. The van der Waals surface area contributed by atoms with E-state index in [1.165, 1.54) is 6.26 Å². The second-order valence-electron chi connectivity index (χ2n) is 4.31. The van der Waals surface area contributed by atoms with E-state index in [0.717, 1.165) is 5.56 Å². The molecule has 0 aliphatic rings. The number of hydrazone groups is 1. The zero-order valence-electron chi connectivity index (χ0n) is 11.0. The Kier molecular flexibility index (Phi) is 4.13. The van der Waals surface area contributed by atoms with Crippen LogP contribution in [0, 0.1) is 6.92 Å². The van der Waals surface area contributed by atoms with Crippen molar-refractivity contribution in [1.82, 2.24) is 5.43 Å². The van der Waals surface area contributed by atoms with Gasteiger partial charge in [0.2, 0.25) is 0 Å². The van der Waals surface area contributed by atoms with Crippen LogP contribution in [0.1, 0.15) is 34.5 Å². The van der Waals surface area contributed by atoms with Crippen molar-refractivity contribution in [3.05, 3.63) is 59.5 Å². The molecule has 0 aliphatic carbocycles. The number of benzene rings is 1. The normalized spacial score (nSPS) is 12.5. The summed E-state index contributed by atoms with van der Waals surface area (Å²) < 4.78 is 5.07. The largest absolute Gasteiger partial charge is 0.469 e. The molecule has 1 atom stereocenters. The maximum atomic E-state index is 11.8. The predicted molar refractivity (Wildman–Crippen MR) is 74.3 cm³/mol. The van der Waals surface area contributed by atoms with Gasteiger partial charge in [0.1, 0.15) is 5.76 Å². The van der Waals surface area contributed by atoms with E-state index in [1.807, 2.05) is 37.3 Å². The summed E-state index contributed by atoms with van der Waals surface area (Å²) >= 11 is 0. The minimum absolute atomic E-state index is 0.145. The highest BCUT2D eigenvalue weighted by Crippen LogP contribution is 2.12. The molecule has 0 unspecified atom stereocenters. The zero-order valence-corrected chi connectivity index (χ0v) is 11.0. The van der Waals surface area contributed by atoms with Crippen LogP contribution >= 0.6 is 0 Å². The Hall–Kier alpha value is -2.36. The van der Waals surface area contributed by atoms with Gasteiger partial charge < -0.3 is 4.42 Å². The highest BCUT2D eigenvalue weighted by atomic mass is 16.3. The van der Waals surface area contributed by atoms with Crippen LogP contribution in [-0.2, 0) is 0 Å². The number of nitrogens with zero attached hydrogens (tertiary/aromatic N) is 1. The number of hydrogen-bond acceptors (Lipinski definition) is 3. The Morgan fingerprint density at radius 2 is 2.05 bits per heavy atom. The standard InChI is InChI=1S/C15H16N2O2/c1-11(13-6-4-3-5-7-13)10-16-17-15(18)14-8-9-19-12(14)2/h3-11H,1-2H3,(H,17,18)/b16-10-/t11-/m1/s1. The van der Waals surface area contributed by atoms with Crippen LogP contribution in [0.15, 0.2) is 52.2 Å². The second kappa shape index (κ2) is 6.00. The number of carbonyl (C=O) groups is 1. The van der Waals surface area contributed by atoms with Gasteiger partial charge >= 0.3 is 0 Å². The summed E-state index contributed by atoms with van der Waals surface area (Å²) in [5.41, 5.74) is 4.15. The van der Waals surface area contributed by atoms with E-state index in [1.54, 1.807) is 19.2 Å².